The number of amides is 1. The van der Waals surface area contributed by atoms with Crippen molar-refractivity contribution in [1.82, 2.24) is 9.80 Å². The lowest BCUT2D eigenvalue weighted by Gasteiger charge is -2.21. The van der Waals surface area contributed by atoms with Crippen molar-refractivity contribution >= 4 is 11.6 Å². The lowest BCUT2D eigenvalue weighted by atomic mass is 10.1. The minimum Gasteiger partial charge on any atom is -0.385 e. The number of nitrogens with one attached hydrogen (secondary N) is 1. The van der Waals surface area contributed by atoms with Gasteiger partial charge in [0.2, 0.25) is 0 Å². The number of likely N-dealkylation sites (N-methyl/N-ethyl adjacent to an activating group) is 1. The topological polar surface area (TPSA) is 35.6 Å². The molecule has 0 bridgehead atoms. The minimum absolute atomic E-state index is 0.162. The summed E-state index contributed by atoms with van der Waals surface area (Å²) >= 11 is 0. The van der Waals surface area contributed by atoms with E-state index in [1.807, 2.05) is 23.1 Å². The van der Waals surface area contributed by atoms with Gasteiger partial charge in [-0.15, -0.1) is 0 Å². The second-order valence-corrected chi connectivity index (χ2v) is 5.91. The Morgan fingerprint density at radius 2 is 2.05 bits per heavy atom. The van der Waals surface area contributed by atoms with Crippen molar-refractivity contribution < 1.29 is 4.79 Å². The molecule has 2 rings (SSSR count). The molecule has 0 saturated carbocycles. The molecule has 1 aliphatic heterocycles. The lowest BCUT2D eigenvalue weighted by molar-refractivity contribution is 0.0763. The maximum Gasteiger partial charge on any atom is 0.253 e. The zero-order chi connectivity index (χ0) is 15.2. The third-order valence-electron chi connectivity index (χ3n) is 4.05. The van der Waals surface area contributed by atoms with Crippen molar-refractivity contribution in [3.63, 3.8) is 0 Å². The van der Waals surface area contributed by atoms with E-state index < -0.39 is 0 Å². The Labute approximate surface area is 128 Å². The van der Waals surface area contributed by atoms with Gasteiger partial charge >= 0.3 is 0 Å². The largest absolute Gasteiger partial charge is 0.385 e. The summed E-state index contributed by atoms with van der Waals surface area (Å²) in [6.45, 7) is 8.89. The summed E-state index contributed by atoms with van der Waals surface area (Å²) in [6, 6.07) is 5.99. The number of rotatable bonds is 4. The van der Waals surface area contributed by atoms with Crippen molar-refractivity contribution in [3.8, 4) is 0 Å². The maximum atomic E-state index is 12.6. The Balaban J connectivity index is 2.06. The predicted molar refractivity (Wildman–Crippen MR) is 88.0 cm³/mol. The summed E-state index contributed by atoms with van der Waals surface area (Å²) < 4.78 is 0. The van der Waals surface area contributed by atoms with E-state index in [0.29, 0.717) is 0 Å². The molecule has 1 amide bonds. The highest BCUT2D eigenvalue weighted by molar-refractivity contribution is 5.95. The number of benzene rings is 1. The van der Waals surface area contributed by atoms with E-state index in [-0.39, 0.29) is 5.91 Å². The Bertz CT molecular complexity index is 487. The first-order chi connectivity index (χ1) is 10.1. The third-order valence-corrected chi connectivity index (χ3v) is 4.05. The standard InChI is InChI=1S/C17H27N3O/c1-4-8-18-16-7-6-15(13-14(16)2)17(21)20-10-5-9-19(3)11-12-20/h6-7,13,18H,4-5,8-12H2,1-3H3. The van der Waals surface area contributed by atoms with E-state index in [0.717, 1.165) is 62.4 Å². The predicted octanol–water partition coefficient (Wildman–Crippen LogP) is 2.59. The van der Waals surface area contributed by atoms with E-state index in [1.54, 1.807) is 0 Å². The molecule has 1 aromatic rings. The minimum atomic E-state index is 0.162. The molecule has 1 aliphatic rings. The average Bonchev–Trinajstić information content (AvgIpc) is 2.70. The number of nitrogens with zero attached hydrogens (tertiary/aromatic N) is 2. The van der Waals surface area contributed by atoms with Crippen LogP contribution in [0, 0.1) is 6.92 Å². The number of carbonyl (C=O) groups is 1. The van der Waals surface area contributed by atoms with Gasteiger partial charge in [0.05, 0.1) is 0 Å². The Morgan fingerprint density at radius 3 is 2.76 bits per heavy atom. The van der Waals surface area contributed by atoms with Crippen LogP contribution in [0.2, 0.25) is 0 Å². The van der Waals surface area contributed by atoms with Crippen molar-refractivity contribution in [3.05, 3.63) is 29.3 Å². The van der Waals surface area contributed by atoms with Gasteiger partial charge in [-0.2, -0.15) is 0 Å². The zero-order valence-corrected chi connectivity index (χ0v) is 13.5. The van der Waals surface area contributed by atoms with Gasteiger partial charge in [0.25, 0.3) is 5.91 Å². The molecule has 0 unspecified atom stereocenters. The zero-order valence-electron chi connectivity index (χ0n) is 13.5. The van der Waals surface area contributed by atoms with Crippen LogP contribution in [-0.4, -0.2) is 55.5 Å². The van der Waals surface area contributed by atoms with E-state index in [1.165, 1.54) is 0 Å². The van der Waals surface area contributed by atoms with Crippen molar-refractivity contribution in [2.24, 2.45) is 0 Å². The summed E-state index contributed by atoms with van der Waals surface area (Å²) in [7, 11) is 2.12. The number of hydrogen-bond donors (Lipinski definition) is 1. The number of anilines is 1. The van der Waals surface area contributed by atoms with Gasteiger partial charge in [0.1, 0.15) is 0 Å². The fourth-order valence-electron chi connectivity index (χ4n) is 2.69. The molecule has 1 aromatic carbocycles. The molecular weight excluding hydrogens is 262 g/mol. The summed E-state index contributed by atoms with van der Waals surface area (Å²) in [4.78, 5) is 16.9. The van der Waals surface area contributed by atoms with Crippen LogP contribution < -0.4 is 5.32 Å². The molecule has 0 radical (unpaired) electrons. The summed E-state index contributed by atoms with van der Waals surface area (Å²) in [6.07, 6.45) is 2.15. The van der Waals surface area contributed by atoms with Crippen LogP contribution in [0.5, 0.6) is 0 Å². The van der Waals surface area contributed by atoms with Crippen LogP contribution >= 0.6 is 0 Å². The first kappa shape index (κ1) is 15.8. The SMILES string of the molecule is CCCNc1ccc(C(=O)N2CCCN(C)CC2)cc1C. The molecule has 21 heavy (non-hydrogen) atoms. The first-order valence-corrected chi connectivity index (χ1v) is 7.94. The van der Waals surface area contributed by atoms with Crippen LogP contribution in [0.15, 0.2) is 18.2 Å². The molecule has 0 spiro atoms. The normalized spacial score (nSPS) is 16.6. The lowest BCUT2D eigenvalue weighted by Crippen LogP contribution is -2.34. The first-order valence-electron chi connectivity index (χ1n) is 7.94. The fourth-order valence-corrected chi connectivity index (χ4v) is 2.69. The van der Waals surface area contributed by atoms with Crippen molar-refractivity contribution in [2.45, 2.75) is 26.7 Å². The highest BCUT2D eigenvalue weighted by Gasteiger charge is 2.19. The number of hydrogen-bond acceptors (Lipinski definition) is 3. The smallest absolute Gasteiger partial charge is 0.253 e. The van der Waals surface area contributed by atoms with E-state index in [4.69, 9.17) is 0 Å². The molecule has 4 nitrogen and oxygen atoms in total. The van der Waals surface area contributed by atoms with Gasteiger partial charge in [-0.25, -0.2) is 0 Å². The number of aryl methyl sites for hydroxylation is 1. The second kappa shape index (κ2) is 7.46. The van der Waals surface area contributed by atoms with Crippen LogP contribution in [0.25, 0.3) is 0 Å². The fraction of sp³-hybridized carbons (Fsp3) is 0.588. The quantitative estimate of drug-likeness (QED) is 0.925. The summed E-state index contributed by atoms with van der Waals surface area (Å²) in [5, 5.41) is 3.39. The van der Waals surface area contributed by atoms with Gasteiger partial charge in [0.15, 0.2) is 0 Å². The number of carbonyl (C=O) groups excluding carboxylic acids is 1. The van der Waals surface area contributed by atoms with E-state index in [9.17, 15) is 4.79 Å². The maximum absolute atomic E-state index is 12.6. The molecule has 116 valence electrons. The van der Waals surface area contributed by atoms with E-state index in [2.05, 4.69) is 31.1 Å². The molecule has 4 heteroatoms. The highest BCUT2D eigenvalue weighted by Crippen LogP contribution is 2.18. The Morgan fingerprint density at radius 1 is 1.24 bits per heavy atom. The van der Waals surface area contributed by atoms with Crippen LogP contribution in [-0.2, 0) is 0 Å². The van der Waals surface area contributed by atoms with Gasteiger partial charge < -0.3 is 15.1 Å². The summed E-state index contributed by atoms with van der Waals surface area (Å²) in [5.74, 6) is 0.162. The van der Waals surface area contributed by atoms with E-state index >= 15 is 0 Å². The highest BCUT2D eigenvalue weighted by atomic mass is 16.2. The average molecular weight is 289 g/mol. The molecule has 1 heterocycles. The van der Waals surface area contributed by atoms with Gasteiger partial charge in [-0.05, 0) is 57.1 Å². The molecule has 0 aromatic heterocycles. The Hall–Kier alpha value is -1.55. The molecule has 1 N–H and O–H groups in total. The summed E-state index contributed by atoms with van der Waals surface area (Å²) in [5.41, 5.74) is 3.07. The van der Waals surface area contributed by atoms with Gasteiger partial charge in [-0.1, -0.05) is 6.92 Å². The van der Waals surface area contributed by atoms with Crippen molar-refractivity contribution in [2.75, 3.05) is 45.1 Å². The van der Waals surface area contributed by atoms with Crippen LogP contribution in [0.4, 0.5) is 5.69 Å². The van der Waals surface area contributed by atoms with Gasteiger partial charge in [0, 0.05) is 37.4 Å². The monoisotopic (exact) mass is 289 g/mol. The molecular formula is C17H27N3O. The molecule has 1 fully saturated rings. The Kier molecular flexibility index (Phi) is 5.62. The third kappa shape index (κ3) is 4.21. The van der Waals surface area contributed by atoms with Crippen LogP contribution in [0.3, 0.4) is 0 Å². The van der Waals surface area contributed by atoms with Gasteiger partial charge in [-0.3, -0.25) is 4.79 Å². The second-order valence-electron chi connectivity index (χ2n) is 5.91. The van der Waals surface area contributed by atoms with Crippen LogP contribution in [0.1, 0.15) is 35.7 Å². The molecule has 1 saturated heterocycles. The molecule has 0 aliphatic carbocycles. The van der Waals surface area contributed by atoms with Crippen molar-refractivity contribution in [1.29, 1.82) is 0 Å². The molecule has 0 atom stereocenters.